The number of aromatic nitrogens is 1. The Morgan fingerprint density at radius 1 is 1.19 bits per heavy atom. The SMILES string of the molecule is C[C@@H]1S[C@@H]2[C@H](CC(=O)/C(=N\OC(C)(C)C(=O)[O-])c3csc(N)n3)C(=O)N2C(C(=O)[O-])=C1C[N+]12CCC(CNC(=O)c3cc(O)c(O)c(Cl)c3)(CC1)CC2.[Na+]. The maximum atomic E-state index is 13.6. The van der Waals surface area contributed by atoms with Crippen molar-refractivity contribution >= 4 is 75.1 Å². The average Bonchev–Trinajstić information content (AvgIpc) is 3.55. The summed E-state index contributed by atoms with van der Waals surface area (Å²) in [5.41, 5.74) is 3.98. The van der Waals surface area contributed by atoms with Crippen molar-refractivity contribution < 1.29 is 83.3 Å². The van der Waals surface area contributed by atoms with E-state index in [1.54, 1.807) is 0 Å². The minimum atomic E-state index is -1.88. The number of hydrogen-bond donors (Lipinski definition) is 4. The number of Topliss-reactive ketones (excluding diaryl/α,β-unsaturated/α-hetero) is 1. The molecule has 284 valence electrons. The van der Waals surface area contributed by atoms with Crippen LogP contribution in [-0.2, 0) is 24.0 Å². The number of carbonyl (C=O) groups is 5. The zero-order chi connectivity index (χ0) is 38.6. The molecule has 0 unspecified atom stereocenters. The fourth-order valence-corrected chi connectivity index (χ4v) is 9.65. The smallest absolute Gasteiger partial charge is 0.546 e. The zero-order valence-corrected chi connectivity index (χ0v) is 34.4. The van der Waals surface area contributed by atoms with E-state index in [0.717, 1.165) is 56.3 Å². The molecule has 5 aliphatic heterocycles. The summed E-state index contributed by atoms with van der Waals surface area (Å²) in [5.74, 6) is -6.56. The molecule has 2 amide bonds. The normalized spacial score (nSPS) is 26.4. The number of thiazole rings is 1. The van der Waals surface area contributed by atoms with Crippen LogP contribution in [0.1, 0.15) is 62.5 Å². The van der Waals surface area contributed by atoms with Crippen molar-refractivity contribution in [3.8, 4) is 11.5 Å². The van der Waals surface area contributed by atoms with E-state index in [1.165, 1.54) is 42.0 Å². The van der Waals surface area contributed by atoms with Crippen LogP contribution in [0.15, 0.2) is 33.9 Å². The molecule has 4 saturated heterocycles. The number of β-lactam (4-membered cyclic amide) rings is 1. The molecule has 6 heterocycles. The number of nitrogens with two attached hydrogens (primary N) is 1. The Kier molecular flexibility index (Phi) is 12.1. The fourth-order valence-electron chi connectivity index (χ4n) is 7.39. The van der Waals surface area contributed by atoms with Crippen LogP contribution in [0.3, 0.4) is 0 Å². The molecule has 2 bridgehead atoms. The number of nitrogens with zero attached hydrogens (tertiary/aromatic N) is 4. The minimum Gasteiger partial charge on any atom is -0.546 e. The van der Waals surface area contributed by atoms with Crippen molar-refractivity contribution in [1.29, 1.82) is 0 Å². The number of carbonyl (C=O) groups excluding carboxylic acids is 5. The summed E-state index contributed by atoms with van der Waals surface area (Å²) < 4.78 is 0.627. The summed E-state index contributed by atoms with van der Waals surface area (Å²) in [4.78, 5) is 74.6. The van der Waals surface area contributed by atoms with Gasteiger partial charge in [0.1, 0.15) is 12.2 Å². The first-order chi connectivity index (χ1) is 24.9. The molecular formula is C34H38ClN6NaO10S2. The number of amides is 2. The van der Waals surface area contributed by atoms with Gasteiger partial charge in [0.2, 0.25) is 5.91 Å². The van der Waals surface area contributed by atoms with Gasteiger partial charge >= 0.3 is 29.6 Å². The zero-order valence-electron chi connectivity index (χ0n) is 30.0. The van der Waals surface area contributed by atoms with Crippen LogP contribution in [0, 0.1) is 11.3 Å². The van der Waals surface area contributed by atoms with E-state index >= 15 is 0 Å². The molecule has 1 aromatic heterocycles. The summed E-state index contributed by atoms with van der Waals surface area (Å²) in [6.45, 7) is 7.27. The van der Waals surface area contributed by atoms with Crippen LogP contribution in [0.2, 0.25) is 5.02 Å². The number of anilines is 1. The van der Waals surface area contributed by atoms with Gasteiger partial charge in [-0.2, -0.15) is 0 Å². The van der Waals surface area contributed by atoms with Gasteiger partial charge < -0.3 is 50.4 Å². The Morgan fingerprint density at radius 3 is 2.39 bits per heavy atom. The van der Waals surface area contributed by atoms with Crippen LogP contribution >= 0.6 is 34.7 Å². The largest absolute Gasteiger partial charge is 1.00 e. The summed E-state index contributed by atoms with van der Waals surface area (Å²) in [7, 11) is 0. The quantitative estimate of drug-likeness (QED) is 0.0404. The first-order valence-corrected chi connectivity index (χ1v) is 19.1. The molecule has 0 aliphatic carbocycles. The Hall–Kier alpha value is -3.39. The van der Waals surface area contributed by atoms with E-state index in [-0.39, 0.29) is 79.5 Å². The number of nitrogens with one attached hydrogen (secondary N) is 1. The Morgan fingerprint density at radius 2 is 1.83 bits per heavy atom. The molecule has 3 atom stereocenters. The molecule has 0 radical (unpaired) electrons. The number of benzene rings is 1. The number of rotatable bonds is 13. The van der Waals surface area contributed by atoms with E-state index in [4.69, 9.17) is 22.2 Å². The maximum Gasteiger partial charge on any atom is 1.00 e. The Balaban J connectivity index is 0.00000561. The van der Waals surface area contributed by atoms with Crippen LogP contribution in [0.25, 0.3) is 0 Å². The fraction of sp³-hybridized carbons (Fsp3) is 0.500. The third kappa shape index (κ3) is 7.97. The molecule has 0 saturated carbocycles. The third-order valence-corrected chi connectivity index (χ3v) is 13.3. The molecule has 0 spiro atoms. The van der Waals surface area contributed by atoms with E-state index in [0.29, 0.717) is 23.1 Å². The first kappa shape index (κ1) is 41.8. The number of carboxylic acids is 2. The summed E-state index contributed by atoms with van der Waals surface area (Å²) in [6.07, 6.45) is 1.97. The standard InChI is InChI=1S/C34H39ClN6O10S2.Na/c1-16-19(13-41-7-4-34(5-8-41,6-9-41)15-37-27(45)17-10-20(35)26(44)23(43)11-17)25(30(47)48)40-28(46)18(29(40)53-16)12-22(42)24(21-14-52-32(36)38-21)39-51-33(2,3)31(49)50;/h10-11,14,16,18,29H,4-9,12-13,15H2,1-3H3,(H6-,36,37,38,39,42,43,44,45,47,48,49,50);/q;+1/p-1/t16-,18+,29+,34?,41?;/m0./s1. The Labute approximate surface area is 345 Å². The van der Waals surface area contributed by atoms with Gasteiger partial charge in [-0.3, -0.25) is 19.3 Å². The van der Waals surface area contributed by atoms with Crippen molar-refractivity contribution in [2.75, 3.05) is 38.5 Å². The summed E-state index contributed by atoms with van der Waals surface area (Å²) in [5, 5.41) is 50.9. The summed E-state index contributed by atoms with van der Waals surface area (Å²) in [6, 6.07) is 2.44. The van der Waals surface area contributed by atoms with Crippen molar-refractivity contribution in [2.24, 2.45) is 16.5 Å². The number of oxime groups is 1. The van der Waals surface area contributed by atoms with Crippen molar-refractivity contribution in [2.45, 2.75) is 62.7 Å². The molecule has 5 aliphatic rings. The topological polar surface area (TPSA) is 248 Å². The third-order valence-electron chi connectivity index (χ3n) is 10.8. The monoisotopic (exact) mass is 812 g/mol. The molecule has 4 fully saturated rings. The van der Waals surface area contributed by atoms with E-state index in [1.807, 2.05) is 6.92 Å². The van der Waals surface area contributed by atoms with Crippen molar-refractivity contribution in [3.63, 3.8) is 0 Å². The van der Waals surface area contributed by atoms with Gasteiger partial charge in [-0.25, -0.2) is 4.98 Å². The van der Waals surface area contributed by atoms with Gasteiger partial charge in [-0.05, 0) is 32.9 Å². The molecule has 1 aromatic carbocycles. The number of carboxylic acid groups (broad SMARTS) is 2. The average molecular weight is 813 g/mol. The Bertz CT molecular complexity index is 1920. The number of piperidine rings is 3. The predicted octanol–water partition coefficient (Wildman–Crippen LogP) is -2.64. The van der Waals surface area contributed by atoms with Gasteiger partial charge in [0.25, 0.3) is 5.91 Å². The number of halogens is 1. The second-order valence-electron chi connectivity index (χ2n) is 14.6. The molecule has 7 rings (SSSR count). The maximum absolute atomic E-state index is 13.6. The number of fused-ring (bicyclic) bond motifs is 4. The van der Waals surface area contributed by atoms with Gasteiger partial charge in [0.15, 0.2) is 33.7 Å². The van der Waals surface area contributed by atoms with Gasteiger partial charge in [0, 0.05) is 59.4 Å². The predicted molar refractivity (Wildman–Crippen MR) is 189 cm³/mol. The van der Waals surface area contributed by atoms with Gasteiger partial charge in [-0.15, -0.1) is 23.1 Å². The number of aromatic hydroxyl groups is 2. The number of aliphatic carboxylic acids is 2. The molecule has 5 N–H and O–H groups in total. The van der Waals surface area contributed by atoms with Crippen molar-refractivity contribution in [1.82, 2.24) is 15.2 Å². The van der Waals surface area contributed by atoms with Crippen LogP contribution in [0.4, 0.5) is 5.13 Å². The number of phenols is 2. The van der Waals surface area contributed by atoms with Crippen LogP contribution in [-0.4, -0.2) is 109 Å². The van der Waals surface area contributed by atoms with E-state index in [9.17, 15) is 44.4 Å². The number of phenolic OH excluding ortho intramolecular Hbond substituents is 2. The van der Waals surface area contributed by atoms with Crippen molar-refractivity contribution in [3.05, 3.63) is 45.1 Å². The van der Waals surface area contributed by atoms with E-state index in [2.05, 4.69) is 15.5 Å². The number of nitrogen functional groups attached to an aromatic ring is 1. The molecule has 2 aromatic rings. The number of quaternary nitrogens is 1. The number of hydrogen-bond acceptors (Lipinski definition) is 15. The first-order valence-electron chi connectivity index (χ1n) is 16.9. The van der Waals surface area contributed by atoms with Gasteiger partial charge in [0.05, 0.1) is 53.6 Å². The van der Waals surface area contributed by atoms with E-state index < -0.39 is 57.9 Å². The molecule has 54 heavy (non-hydrogen) atoms. The second kappa shape index (κ2) is 15.6. The minimum absolute atomic E-state index is 0. The number of ketones is 1. The van der Waals surface area contributed by atoms with Gasteiger partial charge in [-0.1, -0.05) is 16.8 Å². The molecular weight excluding hydrogens is 775 g/mol. The molecule has 16 nitrogen and oxygen atoms in total. The summed E-state index contributed by atoms with van der Waals surface area (Å²) >= 11 is 8.34. The second-order valence-corrected chi connectivity index (χ2v) is 17.4. The van der Waals surface area contributed by atoms with Crippen LogP contribution in [0.5, 0.6) is 11.5 Å². The molecule has 20 heteroatoms. The number of thioether (sulfide) groups is 1. The van der Waals surface area contributed by atoms with Crippen LogP contribution < -0.4 is 50.8 Å².